The van der Waals surface area contributed by atoms with Crippen LogP contribution in [0.15, 0.2) is 60.2 Å². The molecule has 2 aromatic carbocycles. The summed E-state index contributed by atoms with van der Waals surface area (Å²) in [5.41, 5.74) is 10.4. The van der Waals surface area contributed by atoms with Gasteiger partial charge in [-0.25, -0.2) is 0 Å². The fraction of sp³-hybridized carbons (Fsp3) is 0.370. The van der Waals surface area contributed by atoms with Crippen molar-refractivity contribution in [1.29, 1.82) is 0 Å². The zero-order valence-corrected chi connectivity index (χ0v) is 18.0. The van der Waals surface area contributed by atoms with Crippen molar-refractivity contribution in [1.82, 2.24) is 0 Å². The Morgan fingerprint density at radius 3 is 2.32 bits per heavy atom. The van der Waals surface area contributed by atoms with Gasteiger partial charge in [-0.2, -0.15) is 4.57 Å². The topological polar surface area (TPSA) is 3.88 Å². The molecule has 2 aliphatic rings. The lowest BCUT2D eigenvalue weighted by Crippen LogP contribution is -2.36. The van der Waals surface area contributed by atoms with Crippen LogP contribution in [0.1, 0.15) is 65.1 Å². The molecule has 144 valence electrons. The van der Waals surface area contributed by atoms with Crippen LogP contribution in [0.2, 0.25) is 0 Å². The van der Waals surface area contributed by atoms with Crippen molar-refractivity contribution in [2.45, 2.75) is 65.8 Å². The molecule has 1 heteroatoms. The normalized spacial score (nSPS) is 15.3. The first-order valence-corrected chi connectivity index (χ1v) is 10.8. The first-order valence-electron chi connectivity index (χ1n) is 10.8. The van der Waals surface area contributed by atoms with Gasteiger partial charge in [0.1, 0.15) is 0 Å². The molecule has 1 nitrogen and oxygen atoms in total. The van der Waals surface area contributed by atoms with Crippen molar-refractivity contribution in [2.24, 2.45) is 0 Å². The SMILES string of the molecule is CC.CC(C)(C)c1ccc2c(c1)c(-c1ccccc1)cc1[n+]2CC2=C1CCC2. The van der Waals surface area contributed by atoms with Gasteiger partial charge in [0.15, 0.2) is 6.54 Å². The third-order valence-electron chi connectivity index (χ3n) is 6.09. The Morgan fingerprint density at radius 2 is 1.61 bits per heavy atom. The van der Waals surface area contributed by atoms with E-state index in [1.807, 2.05) is 13.8 Å². The van der Waals surface area contributed by atoms with Crippen molar-refractivity contribution >= 4 is 16.5 Å². The van der Waals surface area contributed by atoms with E-state index in [0.29, 0.717) is 0 Å². The number of aromatic nitrogens is 1. The Labute approximate surface area is 169 Å². The first-order chi connectivity index (χ1) is 13.5. The Kier molecular flexibility index (Phi) is 4.87. The highest BCUT2D eigenvalue weighted by Crippen LogP contribution is 2.40. The van der Waals surface area contributed by atoms with E-state index < -0.39 is 0 Å². The summed E-state index contributed by atoms with van der Waals surface area (Å²) in [6, 6.07) is 20.5. The van der Waals surface area contributed by atoms with E-state index in [0.717, 1.165) is 6.54 Å². The molecule has 1 aliphatic heterocycles. The number of allylic oxidation sites excluding steroid dienone is 2. The number of benzene rings is 2. The van der Waals surface area contributed by atoms with Crippen molar-refractivity contribution < 1.29 is 4.57 Å². The summed E-state index contributed by atoms with van der Waals surface area (Å²) in [6.07, 6.45) is 3.85. The van der Waals surface area contributed by atoms with E-state index >= 15 is 0 Å². The van der Waals surface area contributed by atoms with Crippen LogP contribution in [-0.4, -0.2) is 0 Å². The molecule has 3 aromatic rings. The number of pyridine rings is 1. The van der Waals surface area contributed by atoms with Gasteiger partial charge in [0.05, 0.1) is 5.39 Å². The van der Waals surface area contributed by atoms with Gasteiger partial charge in [0.2, 0.25) is 11.2 Å². The third kappa shape index (κ3) is 3.07. The lowest BCUT2D eigenvalue weighted by atomic mass is 9.85. The number of hydrogen-bond acceptors (Lipinski definition) is 0. The minimum absolute atomic E-state index is 0.159. The summed E-state index contributed by atoms with van der Waals surface area (Å²) in [5, 5.41) is 1.38. The molecule has 0 radical (unpaired) electrons. The molecule has 0 N–H and O–H groups in total. The molecule has 0 fully saturated rings. The van der Waals surface area contributed by atoms with Gasteiger partial charge in [-0.3, -0.25) is 0 Å². The predicted octanol–water partition coefficient (Wildman–Crippen LogP) is 7.07. The van der Waals surface area contributed by atoms with Gasteiger partial charge < -0.3 is 0 Å². The van der Waals surface area contributed by atoms with Crippen molar-refractivity contribution in [2.75, 3.05) is 0 Å². The Morgan fingerprint density at radius 1 is 0.857 bits per heavy atom. The number of rotatable bonds is 1. The average Bonchev–Trinajstić information content (AvgIpc) is 3.30. The molecule has 0 atom stereocenters. The molecule has 1 aliphatic carbocycles. The maximum atomic E-state index is 2.55. The highest BCUT2D eigenvalue weighted by molar-refractivity contribution is 5.95. The monoisotopic (exact) mass is 370 g/mol. The highest BCUT2D eigenvalue weighted by Gasteiger charge is 2.34. The quantitative estimate of drug-likeness (QED) is 0.403. The number of nitrogens with zero attached hydrogens (tertiary/aromatic N) is 1. The molecular weight excluding hydrogens is 338 g/mol. The molecule has 0 spiro atoms. The van der Waals surface area contributed by atoms with Crippen LogP contribution in [0.3, 0.4) is 0 Å². The van der Waals surface area contributed by atoms with Crippen LogP contribution in [0.4, 0.5) is 0 Å². The largest absolute Gasteiger partial charge is 0.213 e. The van der Waals surface area contributed by atoms with E-state index in [2.05, 4.69) is 79.9 Å². The minimum Gasteiger partial charge on any atom is -0.187 e. The van der Waals surface area contributed by atoms with Crippen molar-refractivity contribution in [3.63, 3.8) is 0 Å². The lowest BCUT2D eigenvalue weighted by molar-refractivity contribution is -0.660. The van der Waals surface area contributed by atoms with Crippen LogP contribution < -0.4 is 4.57 Å². The van der Waals surface area contributed by atoms with Crippen LogP contribution in [0.5, 0.6) is 0 Å². The highest BCUT2D eigenvalue weighted by atomic mass is 15.0. The summed E-state index contributed by atoms with van der Waals surface area (Å²) in [4.78, 5) is 0. The van der Waals surface area contributed by atoms with E-state index in [1.165, 1.54) is 52.5 Å². The summed E-state index contributed by atoms with van der Waals surface area (Å²) in [7, 11) is 0. The molecule has 0 bridgehead atoms. The molecule has 28 heavy (non-hydrogen) atoms. The third-order valence-corrected chi connectivity index (χ3v) is 6.09. The van der Waals surface area contributed by atoms with E-state index in [9.17, 15) is 0 Å². The first kappa shape index (κ1) is 18.9. The minimum atomic E-state index is 0.159. The standard InChI is InChI=1S/C25H26N.C2H6/c1-25(2,3)19-12-13-23-22(14-19)21(17-8-5-4-6-9-17)15-24-20-11-7-10-18(20)16-26(23)24;1-2/h4-6,8-9,12-15H,7,10-11,16H2,1-3H3;1-2H3/q+1;. The molecule has 5 rings (SSSR count). The van der Waals surface area contributed by atoms with Gasteiger partial charge in [0.25, 0.3) is 0 Å². The lowest BCUT2D eigenvalue weighted by Gasteiger charge is -2.20. The van der Waals surface area contributed by atoms with Gasteiger partial charge in [-0.1, -0.05) is 71.0 Å². The van der Waals surface area contributed by atoms with E-state index in [1.54, 1.807) is 11.1 Å². The summed E-state index contributed by atoms with van der Waals surface area (Å²) in [5.74, 6) is 0. The Balaban J connectivity index is 0.000000932. The smallest absolute Gasteiger partial charge is 0.187 e. The van der Waals surface area contributed by atoms with E-state index in [4.69, 9.17) is 0 Å². The predicted molar refractivity (Wildman–Crippen MR) is 120 cm³/mol. The number of fused-ring (bicyclic) bond motifs is 4. The van der Waals surface area contributed by atoms with Crippen LogP contribution in [0, 0.1) is 0 Å². The molecule has 1 aromatic heterocycles. The summed E-state index contributed by atoms with van der Waals surface area (Å²) in [6.45, 7) is 12.0. The molecule has 0 amide bonds. The summed E-state index contributed by atoms with van der Waals surface area (Å²) < 4.78 is 2.55. The molecule has 0 saturated carbocycles. The van der Waals surface area contributed by atoms with Crippen LogP contribution in [-0.2, 0) is 12.0 Å². The second kappa shape index (κ2) is 7.20. The zero-order chi connectivity index (χ0) is 19.9. The van der Waals surface area contributed by atoms with Crippen molar-refractivity contribution in [3.05, 3.63) is 71.4 Å². The van der Waals surface area contributed by atoms with Gasteiger partial charge >= 0.3 is 0 Å². The fourth-order valence-corrected chi connectivity index (χ4v) is 4.63. The van der Waals surface area contributed by atoms with Gasteiger partial charge in [0, 0.05) is 28.8 Å². The Hall–Kier alpha value is -2.41. The second-order valence-electron chi connectivity index (χ2n) is 8.81. The van der Waals surface area contributed by atoms with E-state index in [-0.39, 0.29) is 5.41 Å². The van der Waals surface area contributed by atoms with Gasteiger partial charge in [-0.05, 0) is 41.9 Å². The molecule has 2 heterocycles. The maximum Gasteiger partial charge on any atom is 0.213 e. The number of hydrogen-bond donors (Lipinski definition) is 0. The average molecular weight is 371 g/mol. The molecular formula is C27H32N+. The van der Waals surface area contributed by atoms with Crippen LogP contribution in [0.25, 0.3) is 27.6 Å². The molecule has 0 unspecified atom stereocenters. The van der Waals surface area contributed by atoms with Crippen LogP contribution >= 0.6 is 0 Å². The fourth-order valence-electron chi connectivity index (χ4n) is 4.63. The van der Waals surface area contributed by atoms with Crippen molar-refractivity contribution in [3.8, 4) is 11.1 Å². The zero-order valence-electron chi connectivity index (χ0n) is 18.0. The molecule has 0 saturated heterocycles. The maximum absolute atomic E-state index is 2.55. The van der Waals surface area contributed by atoms with Gasteiger partial charge in [-0.15, -0.1) is 0 Å². The second-order valence-corrected chi connectivity index (χ2v) is 8.81. The Bertz CT molecular complexity index is 1050. The summed E-state index contributed by atoms with van der Waals surface area (Å²) >= 11 is 0.